The summed E-state index contributed by atoms with van der Waals surface area (Å²) in [7, 11) is -3.01. The molecule has 0 aromatic heterocycles. The topological polar surface area (TPSA) is 55.4 Å². The van der Waals surface area contributed by atoms with Crippen LogP contribution in [0.15, 0.2) is 24.3 Å². The molecule has 0 aliphatic heterocycles. The second-order valence-electron chi connectivity index (χ2n) is 5.74. The van der Waals surface area contributed by atoms with Crippen LogP contribution in [0.4, 0.5) is 4.39 Å². The third-order valence-electron chi connectivity index (χ3n) is 3.81. The van der Waals surface area contributed by atoms with Gasteiger partial charge in [0.1, 0.15) is 18.2 Å². The van der Waals surface area contributed by atoms with Crippen LogP contribution in [0.3, 0.4) is 0 Å². The van der Waals surface area contributed by atoms with Gasteiger partial charge in [-0.1, -0.05) is 6.42 Å². The van der Waals surface area contributed by atoms with E-state index in [0.717, 1.165) is 19.3 Å². The summed E-state index contributed by atoms with van der Waals surface area (Å²) in [5, 5.41) is 3.04. The first-order valence-electron chi connectivity index (χ1n) is 7.19. The number of ether oxygens (including phenoxy) is 1. The minimum atomic E-state index is -3.01. The van der Waals surface area contributed by atoms with Gasteiger partial charge in [-0.15, -0.1) is 0 Å². The first-order chi connectivity index (χ1) is 9.86. The molecule has 0 amide bonds. The molecule has 1 aromatic rings. The van der Waals surface area contributed by atoms with Crippen molar-refractivity contribution in [3.05, 3.63) is 30.1 Å². The van der Waals surface area contributed by atoms with Crippen molar-refractivity contribution in [2.75, 3.05) is 12.9 Å². The number of nitrogens with one attached hydrogen (secondary N) is 1. The Hall–Kier alpha value is -1.14. The van der Waals surface area contributed by atoms with Gasteiger partial charge in [-0.3, -0.25) is 0 Å². The second kappa shape index (κ2) is 6.75. The molecule has 1 saturated carbocycles. The van der Waals surface area contributed by atoms with E-state index in [4.69, 9.17) is 4.74 Å². The van der Waals surface area contributed by atoms with Crippen molar-refractivity contribution in [3.63, 3.8) is 0 Å². The quantitative estimate of drug-likeness (QED) is 0.874. The molecule has 21 heavy (non-hydrogen) atoms. The van der Waals surface area contributed by atoms with Crippen molar-refractivity contribution in [1.82, 2.24) is 5.32 Å². The van der Waals surface area contributed by atoms with E-state index >= 15 is 0 Å². The van der Waals surface area contributed by atoms with E-state index < -0.39 is 9.84 Å². The zero-order chi connectivity index (χ0) is 15.5. The third-order valence-corrected chi connectivity index (χ3v) is 5.48. The number of halogens is 1. The lowest BCUT2D eigenvalue weighted by molar-refractivity contribution is 0.261. The monoisotopic (exact) mass is 315 g/mol. The molecule has 0 unspecified atom stereocenters. The molecule has 0 radical (unpaired) electrons. The van der Waals surface area contributed by atoms with Crippen LogP contribution in [-0.2, 0) is 9.84 Å². The highest BCUT2D eigenvalue weighted by Crippen LogP contribution is 2.25. The molecule has 1 aliphatic carbocycles. The van der Waals surface area contributed by atoms with Gasteiger partial charge in [0.25, 0.3) is 0 Å². The van der Waals surface area contributed by atoms with E-state index in [1.807, 2.05) is 6.92 Å². The van der Waals surface area contributed by atoms with Gasteiger partial charge in [-0.05, 0) is 44.0 Å². The summed E-state index contributed by atoms with van der Waals surface area (Å²) >= 11 is 0. The lowest BCUT2D eigenvalue weighted by Crippen LogP contribution is -2.46. The van der Waals surface area contributed by atoms with Crippen LogP contribution in [0.5, 0.6) is 5.75 Å². The fourth-order valence-corrected chi connectivity index (χ4v) is 4.20. The molecule has 1 N–H and O–H groups in total. The van der Waals surface area contributed by atoms with Gasteiger partial charge in [0.05, 0.1) is 5.25 Å². The average Bonchev–Trinajstić information content (AvgIpc) is 2.86. The first kappa shape index (κ1) is 16.2. The number of rotatable bonds is 6. The Morgan fingerprint density at radius 1 is 1.33 bits per heavy atom. The minimum Gasteiger partial charge on any atom is -0.492 e. The summed E-state index contributed by atoms with van der Waals surface area (Å²) in [6.45, 7) is 2.37. The zero-order valence-corrected chi connectivity index (χ0v) is 13.2. The van der Waals surface area contributed by atoms with Crippen molar-refractivity contribution in [2.45, 2.75) is 43.5 Å². The van der Waals surface area contributed by atoms with Gasteiger partial charge >= 0.3 is 0 Å². The van der Waals surface area contributed by atoms with Gasteiger partial charge in [0.15, 0.2) is 9.84 Å². The van der Waals surface area contributed by atoms with E-state index in [2.05, 4.69) is 5.32 Å². The maximum absolute atomic E-state index is 12.8. The molecular weight excluding hydrogens is 293 g/mol. The Bertz CT molecular complexity index is 559. The van der Waals surface area contributed by atoms with Crippen molar-refractivity contribution in [3.8, 4) is 5.75 Å². The largest absolute Gasteiger partial charge is 0.492 e. The summed E-state index contributed by atoms with van der Waals surface area (Å²) in [6, 6.07) is 5.89. The highest BCUT2D eigenvalue weighted by Gasteiger charge is 2.35. The maximum atomic E-state index is 12.8. The highest BCUT2D eigenvalue weighted by molar-refractivity contribution is 7.91. The van der Waals surface area contributed by atoms with Crippen molar-refractivity contribution in [2.24, 2.45) is 0 Å². The van der Waals surface area contributed by atoms with Gasteiger partial charge < -0.3 is 10.1 Å². The van der Waals surface area contributed by atoms with Gasteiger partial charge in [0, 0.05) is 18.3 Å². The van der Waals surface area contributed by atoms with Crippen LogP contribution in [0.1, 0.15) is 26.2 Å². The van der Waals surface area contributed by atoms with E-state index in [1.54, 1.807) is 12.1 Å². The predicted octanol–water partition coefficient (Wildman–Crippen LogP) is 2.15. The zero-order valence-electron chi connectivity index (χ0n) is 12.4. The molecular formula is C15H22FNO3S. The standard InChI is InChI=1S/C15H22FNO3S/c1-11(10-20-13-8-6-12(16)7-9-13)17-14-4-3-5-15(14)21(2,18)19/h6-9,11,14-15,17H,3-5,10H2,1-2H3/t11-,14-,15-/m1/s1. The second-order valence-corrected chi connectivity index (χ2v) is 8.00. The summed E-state index contributed by atoms with van der Waals surface area (Å²) < 4.78 is 41.8. The molecule has 1 aromatic carbocycles. The molecule has 6 heteroatoms. The van der Waals surface area contributed by atoms with Crippen LogP contribution in [-0.4, -0.2) is 38.6 Å². The fourth-order valence-electron chi connectivity index (χ4n) is 2.79. The summed E-state index contributed by atoms with van der Waals surface area (Å²) in [6.07, 6.45) is 3.83. The SMILES string of the molecule is C[C@H](COc1ccc(F)cc1)N[C@@H]1CCC[C@H]1S(C)(=O)=O. The smallest absolute Gasteiger partial charge is 0.151 e. The fraction of sp³-hybridized carbons (Fsp3) is 0.600. The number of sulfone groups is 1. The summed E-state index contributed by atoms with van der Waals surface area (Å²) in [5.74, 6) is 0.312. The Morgan fingerprint density at radius 2 is 2.00 bits per heavy atom. The van der Waals surface area contributed by atoms with Crippen LogP contribution < -0.4 is 10.1 Å². The Kier molecular flexibility index (Phi) is 5.22. The van der Waals surface area contributed by atoms with Crippen LogP contribution in [0.2, 0.25) is 0 Å². The summed E-state index contributed by atoms with van der Waals surface area (Å²) in [5.41, 5.74) is 0. The van der Waals surface area contributed by atoms with Gasteiger partial charge in [-0.25, -0.2) is 12.8 Å². The van der Waals surface area contributed by atoms with Gasteiger partial charge in [0.2, 0.25) is 0 Å². The molecule has 0 spiro atoms. The van der Waals surface area contributed by atoms with E-state index in [1.165, 1.54) is 18.4 Å². The van der Waals surface area contributed by atoms with Crippen molar-refractivity contribution < 1.29 is 17.5 Å². The summed E-state index contributed by atoms with van der Waals surface area (Å²) in [4.78, 5) is 0. The van der Waals surface area contributed by atoms with E-state index in [-0.39, 0.29) is 23.2 Å². The number of hydrogen-bond donors (Lipinski definition) is 1. The van der Waals surface area contributed by atoms with E-state index in [9.17, 15) is 12.8 Å². The van der Waals surface area contributed by atoms with Crippen molar-refractivity contribution in [1.29, 1.82) is 0 Å². The lowest BCUT2D eigenvalue weighted by Gasteiger charge is -2.24. The molecule has 3 atom stereocenters. The highest BCUT2D eigenvalue weighted by atomic mass is 32.2. The Balaban J connectivity index is 1.84. The predicted molar refractivity (Wildman–Crippen MR) is 80.8 cm³/mol. The van der Waals surface area contributed by atoms with Crippen molar-refractivity contribution >= 4 is 9.84 Å². The molecule has 1 aliphatic rings. The number of benzene rings is 1. The van der Waals surface area contributed by atoms with E-state index in [0.29, 0.717) is 12.4 Å². The Labute approximate surface area is 125 Å². The molecule has 4 nitrogen and oxygen atoms in total. The molecule has 1 fully saturated rings. The minimum absolute atomic E-state index is 0.00758. The Morgan fingerprint density at radius 3 is 2.62 bits per heavy atom. The normalized spacial score (nSPS) is 24.0. The first-order valence-corrected chi connectivity index (χ1v) is 9.15. The lowest BCUT2D eigenvalue weighted by atomic mass is 10.2. The molecule has 0 bridgehead atoms. The van der Waals surface area contributed by atoms with Crippen LogP contribution in [0, 0.1) is 5.82 Å². The number of hydrogen-bond acceptors (Lipinski definition) is 4. The molecule has 118 valence electrons. The maximum Gasteiger partial charge on any atom is 0.151 e. The van der Waals surface area contributed by atoms with Crippen LogP contribution >= 0.6 is 0 Å². The molecule has 0 heterocycles. The van der Waals surface area contributed by atoms with Gasteiger partial charge in [-0.2, -0.15) is 0 Å². The average molecular weight is 315 g/mol. The van der Waals surface area contributed by atoms with Crippen LogP contribution in [0.25, 0.3) is 0 Å². The molecule has 2 rings (SSSR count). The molecule has 0 saturated heterocycles. The third kappa shape index (κ3) is 4.68.